The van der Waals surface area contributed by atoms with E-state index in [-0.39, 0.29) is 38.5 Å². The van der Waals surface area contributed by atoms with Gasteiger partial charge in [-0.3, -0.25) is 9.69 Å². The maximum Gasteiger partial charge on any atom is 0.407 e. The highest BCUT2D eigenvalue weighted by Gasteiger charge is 2.38. The molecular weight excluding hydrogens is 614 g/mol. The van der Waals surface area contributed by atoms with Gasteiger partial charge in [0.15, 0.2) is 0 Å². The molecular formula is C37H47N3O8. The summed E-state index contributed by atoms with van der Waals surface area (Å²) < 4.78 is 16.4. The van der Waals surface area contributed by atoms with E-state index in [9.17, 15) is 19.8 Å². The molecule has 1 saturated heterocycles. The average molecular weight is 662 g/mol. The number of hydrogen-bond acceptors (Lipinski definition) is 9. The molecule has 0 bridgehead atoms. The van der Waals surface area contributed by atoms with Crippen LogP contribution in [0.15, 0.2) is 78.9 Å². The Morgan fingerprint density at radius 1 is 0.958 bits per heavy atom. The molecule has 1 heterocycles. The van der Waals surface area contributed by atoms with Gasteiger partial charge in [0, 0.05) is 39.0 Å². The lowest BCUT2D eigenvalue weighted by atomic mass is 9.97. The molecule has 258 valence electrons. The standard InChI is InChI=1S/C37H47N3O8/c41-19-23-48-37(45)38-32(24-27-6-2-1-3-7-27)33(42)14-15-35(44)40(36-31-9-5-4-8-29(31)25-34(36)43)26-28-10-12-30(13-11-28)47-22-18-39-16-20-46-21-17-39/h1-13,32-34,36,41-43H,14-26H2,(H,38,45)/t32-,33-,34+,36-/m0/s1. The molecule has 1 aliphatic heterocycles. The molecule has 2 amide bonds. The predicted octanol–water partition coefficient (Wildman–Crippen LogP) is 2.86. The molecule has 2 aliphatic rings. The van der Waals surface area contributed by atoms with E-state index in [1.165, 1.54) is 0 Å². The number of rotatable bonds is 16. The molecule has 48 heavy (non-hydrogen) atoms. The van der Waals surface area contributed by atoms with E-state index in [1.807, 2.05) is 78.9 Å². The number of carbonyl (C=O) groups excluding carboxylic acids is 2. The zero-order chi connectivity index (χ0) is 33.7. The summed E-state index contributed by atoms with van der Waals surface area (Å²) in [6, 6.07) is 23.6. The van der Waals surface area contributed by atoms with Gasteiger partial charge in [0.05, 0.1) is 44.1 Å². The number of ether oxygens (including phenoxy) is 3. The lowest BCUT2D eigenvalue weighted by Gasteiger charge is -2.33. The Balaban J connectivity index is 1.26. The Bertz CT molecular complexity index is 1430. The second-order valence-corrected chi connectivity index (χ2v) is 12.3. The van der Waals surface area contributed by atoms with Crippen molar-refractivity contribution in [2.75, 3.05) is 52.7 Å². The predicted molar refractivity (Wildman–Crippen MR) is 179 cm³/mol. The molecule has 1 aliphatic carbocycles. The number of benzene rings is 3. The molecule has 3 aromatic carbocycles. The topological polar surface area (TPSA) is 141 Å². The number of hydrogen-bond donors (Lipinski definition) is 4. The van der Waals surface area contributed by atoms with Crippen molar-refractivity contribution >= 4 is 12.0 Å². The third-order valence-corrected chi connectivity index (χ3v) is 8.92. The number of amides is 2. The van der Waals surface area contributed by atoms with Gasteiger partial charge in [-0.25, -0.2) is 4.79 Å². The van der Waals surface area contributed by atoms with Crippen LogP contribution in [0.2, 0.25) is 0 Å². The molecule has 11 nitrogen and oxygen atoms in total. The number of nitrogens with one attached hydrogen (secondary N) is 1. The highest BCUT2D eigenvalue weighted by atomic mass is 16.6. The van der Waals surface area contributed by atoms with Crippen molar-refractivity contribution in [2.24, 2.45) is 0 Å². The minimum Gasteiger partial charge on any atom is -0.492 e. The van der Waals surface area contributed by atoms with Crippen LogP contribution in [0.25, 0.3) is 0 Å². The van der Waals surface area contributed by atoms with Gasteiger partial charge in [-0.2, -0.15) is 0 Å². The Hall–Kier alpha value is -4.00. The van der Waals surface area contributed by atoms with Gasteiger partial charge in [-0.05, 0) is 47.2 Å². The zero-order valence-corrected chi connectivity index (χ0v) is 27.3. The summed E-state index contributed by atoms with van der Waals surface area (Å²) in [7, 11) is 0. The third kappa shape index (κ3) is 10.0. The van der Waals surface area contributed by atoms with Crippen LogP contribution in [0.3, 0.4) is 0 Å². The number of morpholine rings is 1. The number of aliphatic hydroxyl groups excluding tert-OH is 3. The number of nitrogens with zero attached hydrogens (tertiary/aromatic N) is 2. The molecule has 4 N–H and O–H groups in total. The Labute approximate surface area is 282 Å². The molecule has 3 aromatic rings. The second kappa shape index (κ2) is 18.0. The maximum absolute atomic E-state index is 14.0. The van der Waals surface area contributed by atoms with Crippen molar-refractivity contribution in [3.63, 3.8) is 0 Å². The maximum atomic E-state index is 14.0. The quantitative estimate of drug-likeness (QED) is 0.182. The van der Waals surface area contributed by atoms with E-state index in [0.717, 1.165) is 60.9 Å². The second-order valence-electron chi connectivity index (χ2n) is 12.3. The van der Waals surface area contributed by atoms with Crippen LogP contribution in [0.5, 0.6) is 5.75 Å². The fraction of sp³-hybridized carbons (Fsp3) is 0.459. The molecule has 5 rings (SSSR count). The first-order valence-corrected chi connectivity index (χ1v) is 16.7. The van der Waals surface area contributed by atoms with Gasteiger partial charge < -0.3 is 39.7 Å². The molecule has 0 radical (unpaired) electrons. The molecule has 0 spiro atoms. The van der Waals surface area contributed by atoms with Crippen LogP contribution in [-0.2, 0) is 33.7 Å². The van der Waals surface area contributed by atoms with E-state index in [1.54, 1.807) is 4.90 Å². The Morgan fingerprint density at radius 2 is 1.69 bits per heavy atom. The number of alkyl carbamates (subject to hydrolysis) is 1. The number of fused-ring (bicyclic) bond motifs is 1. The van der Waals surface area contributed by atoms with Crippen molar-refractivity contribution in [2.45, 2.75) is 56.5 Å². The van der Waals surface area contributed by atoms with Gasteiger partial charge in [-0.1, -0.05) is 66.7 Å². The molecule has 0 saturated carbocycles. The fourth-order valence-corrected chi connectivity index (χ4v) is 6.37. The van der Waals surface area contributed by atoms with Crippen molar-refractivity contribution < 1.29 is 39.1 Å². The first-order chi connectivity index (χ1) is 23.4. The van der Waals surface area contributed by atoms with E-state index in [2.05, 4.69) is 10.2 Å². The first-order valence-electron chi connectivity index (χ1n) is 16.7. The van der Waals surface area contributed by atoms with E-state index in [4.69, 9.17) is 19.3 Å². The van der Waals surface area contributed by atoms with Crippen LogP contribution in [0.4, 0.5) is 4.79 Å². The summed E-state index contributed by atoms with van der Waals surface area (Å²) in [6.07, 6.45) is -1.75. The Morgan fingerprint density at radius 3 is 2.44 bits per heavy atom. The molecule has 4 atom stereocenters. The van der Waals surface area contributed by atoms with Gasteiger partial charge in [0.1, 0.15) is 19.0 Å². The number of aliphatic hydroxyl groups is 3. The summed E-state index contributed by atoms with van der Waals surface area (Å²) >= 11 is 0. The third-order valence-electron chi connectivity index (χ3n) is 8.92. The summed E-state index contributed by atoms with van der Waals surface area (Å²) in [5.74, 6) is 0.524. The van der Waals surface area contributed by atoms with Crippen LogP contribution in [0.1, 0.15) is 41.1 Å². The largest absolute Gasteiger partial charge is 0.492 e. The van der Waals surface area contributed by atoms with Crippen molar-refractivity contribution in [1.82, 2.24) is 15.1 Å². The van der Waals surface area contributed by atoms with Gasteiger partial charge in [0.25, 0.3) is 0 Å². The SMILES string of the molecule is O=C(N[C@@H](Cc1ccccc1)[C@@H](O)CCC(=O)N(Cc1ccc(OCCN2CCOCC2)cc1)[C@H]1c2ccccc2C[C@H]1O)OCCO. The van der Waals surface area contributed by atoms with Gasteiger partial charge in [-0.15, -0.1) is 0 Å². The minimum atomic E-state index is -1.06. The van der Waals surface area contributed by atoms with Crippen LogP contribution < -0.4 is 10.1 Å². The summed E-state index contributed by atoms with van der Waals surface area (Å²) in [4.78, 5) is 30.4. The molecule has 1 fully saturated rings. The molecule has 11 heteroatoms. The van der Waals surface area contributed by atoms with Crippen LogP contribution in [0, 0.1) is 0 Å². The summed E-state index contributed by atoms with van der Waals surface area (Å²) in [5.41, 5.74) is 3.70. The van der Waals surface area contributed by atoms with E-state index in [0.29, 0.717) is 19.4 Å². The molecule has 0 unspecified atom stereocenters. The van der Waals surface area contributed by atoms with Crippen LogP contribution >= 0.6 is 0 Å². The highest BCUT2D eigenvalue weighted by Crippen LogP contribution is 2.37. The van der Waals surface area contributed by atoms with Gasteiger partial charge >= 0.3 is 6.09 Å². The average Bonchev–Trinajstić information content (AvgIpc) is 3.45. The van der Waals surface area contributed by atoms with E-state index >= 15 is 0 Å². The zero-order valence-electron chi connectivity index (χ0n) is 27.3. The van der Waals surface area contributed by atoms with Crippen molar-refractivity contribution in [3.05, 3.63) is 101 Å². The van der Waals surface area contributed by atoms with Crippen molar-refractivity contribution in [3.8, 4) is 5.75 Å². The summed E-state index contributed by atoms with van der Waals surface area (Å²) in [6.45, 7) is 4.47. The lowest BCUT2D eigenvalue weighted by molar-refractivity contribution is -0.137. The Kier molecular flexibility index (Phi) is 13.2. The highest BCUT2D eigenvalue weighted by molar-refractivity contribution is 5.77. The van der Waals surface area contributed by atoms with E-state index < -0.39 is 30.4 Å². The number of carbonyl (C=O) groups is 2. The fourth-order valence-electron chi connectivity index (χ4n) is 6.37. The monoisotopic (exact) mass is 661 g/mol. The van der Waals surface area contributed by atoms with Crippen molar-refractivity contribution in [1.29, 1.82) is 0 Å². The minimum absolute atomic E-state index is 0.00601. The smallest absolute Gasteiger partial charge is 0.407 e. The van der Waals surface area contributed by atoms with Gasteiger partial charge in [0.2, 0.25) is 5.91 Å². The summed E-state index contributed by atoms with van der Waals surface area (Å²) in [5, 5.41) is 34.2. The van der Waals surface area contributed by atoms with Crippen LogP contribution in [-0.4, -0.2) is 108 Å². The normalized spacial score (nSPS) is 18.8. The lowest BCUT2D eigenvalue weighted by Crippen LogP contribution is -2.46. The molecule has 0 aromatic heterocycles. The first kappa shape index (κ1) is 35.3.